The fraction of sp³-hybridized carbons (Fsp3) is 0.444. The van der Waals surface area contributed by atoms with Gasteiger partial charge in [0.2, 0.25) is 0 Å². The molecule has 25 heavy (non-hydrogen) atoms. The monoisotopic (exact) mass is 346 g/mol. The van der Waals surface area contributed by atoms with Crippen molar-refractivity contribution in [3.8, 4) is 5.75 Å². The van der Waals surface area contributed by atoms with Crippen molar-refractivity contribution in [2.75, 3.05) is 39.9 Å². The third-order valence-electron chi connectivity index (χ3n) is 4.43. The highest BCUT2D eigenvalue weighted by Gasteiger charge is 2.28. The highest BCUT2D eigenvalue weighted by atomic mass is 16.6. The summed E-state index contributed by atoms with van der Waals surface area (Å²) in [5, 5.41) is 0.868. The van der Waals surface area contributed by atoms with Gasteiger partial charge in [0.05, 0.1) is 13.7 Å². The van der Waals surface area contributed by atoms with Crippen LogP contribution in [0.4, 0.5) is 4.79 Å². The highest BCUT2D eigenvalue weighted by molar-refractivity contribution is 5.99. The van der Waals surface area contributed by atoms with Crippen molar-refractivity contribution >= 4 is 23.0 Å². The van der Waals surface area contributed by atoms with Crippen molar-refractivity contribution in [3.05, 3.63) is 29.5 Å². The lowest BCUT2D eigenvalue weighted by Crippen LogP contribution is -2.50. The first-order valence-corrected chi connectivity index (χ1v) is 8.33. The van der Waals surface area contributed by atoms with Crippen molar-refractivity contribution in [2.45, 2.75) is 13.8 Å². The zero-order valence-corrected chi connectivity index (χ0v) is 14.7. The van der Waals surface area contributed by atoms with Gasteiger partial charge in [-0.3, -0.25) is 4.79 Å². The SMILES string of the molecule is CCOC(=O)N1CCN(C(=O)c2oc3ccc(OC)cc3c2C)CC1. The molecule has 1 saturated heterocycles. The molecule has 7 heteroatoms. The smallest absolute Gasteiger partial charge is 0.409 e. The maximum atomic E-state index is 12.8. The average molecular weight is 346 g/mol. The Hall–Kier alpha value is -2.70. The van der Waals surface area contributed by atoms with Crippen LogP contribution in [0, 0.1) is 6.92 Å². The Bertz CT molecular complexity index is 790. The summed E-state index contributed by atoms with van der Waals surface area (Å²) in [7, 11) is 1.60. The van der Waals surface area contributed by atoms with Gasteiger partial charge >= 0.3 is 6.09 Å². The predicted octanol–water partition coefficient (Wildman–Crippen LogP) is 2.66. The molecule has 0 radical (unpaired) electrons. The van der Waals surface area contributed by atoms with E-state index in [2.05, 4.69) is 0 Å². The molecule has 0 aliphatic carbocycles. The van der Waals surface area contributed by atoms with E-state index in [1.54, 1.807) is 36.0 Å². The molecule has 2 heterocycles. The fourth-order valence-corrected chi connectivity index (χ4v) is 2.98. The number of fused-ring (bicyclic) bond motifs is 1. The number of amides is 2. The van der Waals surface area contributed by atoms with E-state index in [0.717, 1.165) is 16.7 Å². The van der Waals surface area contributed by atoms with E-state index in [9.17, 15) is 9.59 Å². The van der Waals surface area contributed by atoms with E-state index < -0.39 is 0 Å². The number of hydrogen-bond donors (Lipinski definition) is 0. The lowest BCUT2D eigenvalue weighted by molar-refractivity contribution is 0.0547. The number of piperazine rings is 1. The Balaban J connectivity index is 1.75. The van der Waals surface area contributed by atoms with Crippen LogP contribution in [0.15, 0.2) is 22.6 Å². The van der Waals surface area contributed by atoms with Gasteiger partial charge in [-0.2, -0.15) is 0 Å². The van der Waals surface area contributed by atoms with E-state index in [0.29, 0.717) is 44.1 Å². The number of aryl methyl sites for hydroxylation is 1. The lowest BCUT2D eigenvalue weighted by Gasteiger charge is -2.33. The standard InChI is InChI=1S/C18H22N2O5/c1-4-24-18(22)20-9-7-19(8-10-20)17(21)16-12(2)14-11-13(23-3)5-6-15(14)25-16/h5-6,11H,4,7-10H2,1-3H3. The summed E-state index contributed by atoms with van der Waals surface area (Å²) >= 11 is 0. The Labute approximate surface area is 146 Å². The van der Waals surface area contributed by atoms with Crippen LogP contribution in [-0.2, 0) is 4.74 Å². The summed E-state index contributed by atoms with van der Waals surface area (Å²) in [5.41, 5.74) is 1.46. The number of carbonyl (C=O) groups excluding carboxylic acids is 2. The van der Waals surface area contributed by atoms with E-state index in [1.807, 2.05) is 13.0 Å². The predicted molar refractivity (Wildman–Crippen MR) is 92.0 cm³/mol. The zero-order valence-electron chi connectivity index (χ0n) is 14.7. The first-order chi connectivity index (χ1) is 12.0. The van der Waals surface area contributed by atoms with Gasteiger partial charge in [0.25, 0.3) is 5.91 Å². The average Bonchev–Trinajstić information content (AvgIpc) is 2.97. The maximum Gasteiger partial charge on any atom is 0.409 e. The second kappa shape index (κ2) is 7.04. The number of nitrogens with zero attached hydrogens (tertiary/aromatic N) is 2. The molecule has 1 aliphatic rings. The zero-order chi connectivity index (χ0) is 18.0. The Morgan fingerprint density at radius 2 is 1.84 bits per heavy atom. The molecule has 0 unspecified atom stereocenters. The minimum Gasteiger partial charge on any atom is -0.497 e. The number of hydrogen-bond acceptors (Lipinski definition) is 5. The van der Waals surface area contributed by atoms with Crippen molar-refractivity contribution in [2.24, 2.45) is 0 Å². The van der Waals surface area contributed by atoms with Gasteiger partial charge in [-0.25, -0.2) is 4.79 Å². The number of carbonyl (C=O) groups is 2. The van der Waals surface area contributed by atoms with Crippen LogP contribution >= 0.6 is 0 Å². The van der Waals surface area contributed by atoms with Crippen LogP contribution in [0.25, 0.3) is 11.0 Å². The molecule has 1 fully saturated rings. The van der Waals surface area contributed by atoms with E-state index in [4.69, 9.17) is 13.9 Å². The van der Waals surface area contributed by atoms with Crippen molar-refractivity contribution in [3.63, 3.8) is 0 Å². The lowest BCUT2D eigenvalue weighted by atomic mass is 10.1. The molecular weight excluding hydrogens is 324 g/mol. The first-order valence-electron chi connectivity index (χ1n) is 8.33. The third-order valence-corrected chi connectivity index (χ3v) is 4.43. The van der Waals surface area contributed by atoms with Crippen LogP contribution in [-0.4, -0.2) is 61.7 Å². The van der Waals surface area contributed by atoms with Gasteiger partial charge in [0.15, 0.2) is 5.76 Å². The van der Waals surface area contributed by atoms with Gasteiger partial charge in [-0.15, -0.1) is 0 Å². The molecule has 1 aromatic heterocycles. The molecule has 1 aliphatic heterocycles. The quantitative estimate of drug-likeness (QED) is 0.854. The van der Waals surface area contributed by atoms with Crippen LogP contribution in [0.3, 0.4) is 0 Å². The summed E-state index contributed by atoms with van der Waals surface area (Å²) in [4.78, 5) is 27.9. The fourth-order valence-electron chi connectivity index (χ4n) is 2.98. The van der Waals surface area contributed by atoms with Crippen molar-refractivity contribution < 1.29 is 23.5 Å². The minimum atomic E-state index is -0.332. The van der Waals surface area contributed by atoms with E-state index in [-0.39, 0.29) is 12.0 Å². The van der Waals surface area contributed by atoms with E-state index >= 15 is 0 Å². The summed E-state index contributed by atoms with van der Waals surface area (Å²) in [6, 6.07) is 5.47. The maximum absolute atomic E-state index is 12.8. The van der Waals surface area contributed by atoms with Crippen molar-refractivity contribution in [1.82, 2.24) is 9.80 Å². The Kier molecular flexibility index (Phi) is 4.83. The molecule has 3 rings (SSSR count). The third kappa shape index (κ3) is 3.26. The molecule has 1 aromatic carbocycles. The second-order valence-corrected chi connectivity index (χ2v) is 5.90. The van der Waals surface area contributed by atoms with Gasteiger partial charge in [-0.05, 0) is 32.0 Å². The minimum absolute atomic E-state index is 0.156. The number of benzene rings is 1. The summed E-state index contributed by atoms with van der Waals surface area (Å²) in [5.74, 6) is 0.905. The molecule has 2 aromatic rings. The summed E-state index contributed by atoms with van der Waals surface area (Å²) < 4.78 is 16.0. The van der Waals surface area contributed by atoms with Gasteiger partial charge < -0.3 is 23.7 Å². The largest absolute Gasteiger partial charge is 0.497 e. The van der Waals surface area contributed by atoms with Gasteiger partial charge in [0.1, 0.15) is 11.3 Å². The van der Waals surface area contributed by atoms with Crippen LogP contribution in [0.5, 0.6) is 5.75 Å². The van der Waals surface area contributed by atoms with Crippen molar-refractivity contribution in [1.29, 1.82) is 0 Å². The van der Waals surface area contributed by atoms with Gasteiger partial charge in [0, 0.05) is 37.1 Å². The first kappa shape index (κ1) is 17.1. The van der Waals surface area contributed by atoms with Crippen LogP contribution < -0.4 is 4.74 Å². The molecule has 0 bridgehead atoms. The van der Waals surface area contributed by atoms with Gasteiger partial charge in [-0.1, -0.05) is 0 Å². The van der Waals surface area contributed by atoms with Crippen LogP contribution in [0.1, 0.15) is 23.0 Å². The van der Waals surface area contributed by atoms with E-state index in [1.165, 1.54) is 0 Å². The number of rotatable bonds is 3. The van der Waals surface area contributed by atoms with Crippen LogP contribution in [0.2, 0.25) is 0 Å². The molecule has 7 nitrogen and oxygen atoms in total. The normalized spacial score (nSPS) is 14.7. The highest BCUT2D eigenvalue weighted by Crippen LogP contribution is 2.29. The molecule has 2 amide bonds. The number of methoxy groups -OCH3 is 1. The molecule has 0 atom stereocenters. The molecule has 134 valence electrons. The molecular formula is C18H22N2O5. The molecule has 0 saturated carbocycles. The summed E-state index contributed by atoms with van der Waals surface area (Å²) in [6.45, 7) is 5.81. The molecule has 0 spiro atoms. The Morgan fingerprint density at radius 1 is 1.16 bits per heavy atom. The number of ether oxygens (including phenoxy) is 2. The number of furan rings is 1. The topological polar surface area (TPSA) is 72.2 Å². The second-order valence-electron chi connectivity index (χ2n) is 5.90. The summed E-state index contributed by atoms with van der Waals surface area (Å²) in [6.07, 6.45) is -0.332. The Morgan fingerprint density at radius 3 is 2.48 bits per heavy atom. The molecule has 0 N–H and O–H groups in total.